The monoisotopic (exact) mass is 325 g/mol. The number of carboxylic acid groups (broad SMARTS) is 1. The number of hydrogen-bond acceptors (Lipinski definition) is 4. The maximum absolute atomic E-state index is 13.1. The van der Waals surface area contributed by atoms with Crippen molar-refractivity contribution in [2.75, 3.05) is 11.1 Å². The molecule has 0 aliphatic rings. The van der Waals surface area contributed by atoms with Crippen LogP contribution < -0.4 is 11.1 Å². The summed E-state index contributed by atoms with van der Waals surface area (Å²) in [5.74, 6) is -1.26. The molecule has 98 valence electrons. The van der Waals surface area contributed by atoms with Crippen molar-refractivity contribution in [2.24, 2.45) is 0 Å². The lowest BCUT2D eigenvalue weighted by Crippen LogP contribution is -2.04. The second-order valence-electron chi connectivity index (χ2n) is 3.72. The zero-order chi connectivity index (χ0) is 14.0. The molecule has 1 aromatic heterocycles. The van der Waals surface area contributed by atoms with Crippen LogP contribution in [-0.2, 0) is 0 Å². The minimum Gasteiger partial charge on any atom is -0.478 e. The second kappa shape index (κ2) is 5.23. The summed E-state index contributed by atoms with van der Waals surface area (Å²) in [6.07, 6.45) is 1.17. The van der Waals surface area contributed by atoms with Crippen molar-refractivity contribution in [3.05, 3.63) is 46.3 Å². The molecule has 0 fully saturated rings. The summed E-state index contributed by atoms with van der Waals surface area (Å²) in [6.45, 7) is 0. The fourth-order valence-corrected chi connectivity index (χ4v) is 1.77. The van der Waals surface area contributed by atoms with Crippen molar-refractivity contribution in [1.82, 2.24) is 4.98 Å². The van der Waals surface area contributed by atoms with Crippen molar-refractivity contribution in [1.29, 1.82) is 0 Å². The Labute approximate surface area is 116 Å². The van der Waals surface area contributed by atoms with Gasteiger partial charge in [-0.05, 0) is 40.2 Å². The van der Waals surface area contributed by atoms with Gasteiger partial charge >= 0.3 is 5.97 Å². The lowest BCUT2D eigenvalue weighted by Gasteiger charge is -2.10. The lowest BCUT2D eigenvalue weighted by molar-refractivity contribution is 0.0696. The number of rotatable bonds is 3. The Balaban J connectivity index is 2.33. The van der Waals surface area contributed by atoms with E-state index < -0.39 is 11.8 Å². The van der Waals surface area contributed by atoms with Gasteiger partial charge in [0, 0.05) is 10.7 Å². The van der Waals surface area contributed by atoms with Crippen molar-refractivity contribution >= 4 is 39.1 Å². The summed E-state index contributed by atoms with van der Waals surface area (Å²) >= 11 is 3.26. The molecular weight excluding hydrogens is 317 g/mol. The van der Waals surface area contributed by atoms with Crippen molar-refractivity contribution in [2.45, 2.75) is 0 Å². The number of aromatic nitrogens is 1. The lowest BCUT2D eigenvalue weighted by atomic mass is 10.2. The number of pyridine rings is 1. The first kappa shape index (κ1) is 13.3. The van der Waals surface area contributed by atoms with E-state index >= 15 is 0 Å². The molecule has 5 nitrogen and oxygen atoms in total. The molecule has 0 spiro atoms. The van der Waals surface area contributed by atoms with Crippen LogP contribution in [0.25, 0.3) is 0 Å². The van der Waals surface area contributed by atoms with Gasteiger partial charge in [-0.3, -0.25) is 0 Å². The van der Waals surface area contributed by atoms with Crippen LogP contribution in [0.4, 0.5) is 21.6 Å². The highest BCUT2D eigenvalue weighted by Crippen LogP contribution is 2.28. The predicted octanol–water partition coefficient (Wildman–Crippen LogP) is 3.01. The number of nitrogens with one attached hydrogen (secondary N) is 1. The van der Waals surface area contributed by atoms with E-state index in [0.29, 0.717) is 10.2 Å². The van der Waals surface area contributed by atoms with Crippen LogP contribution in [0.3, 0.4) is 0 Å². The average Bonchev–Trinajstić information content (AvgIpc) is 2.36. The fourth-order valence-electron chi connectivity index (χ4n) is 1.42. The maximum Gasteiger partial charge on any atom is 0.337 e. The van der Waals surface area contributed by atoms with Gasteiger partial charge in [0.2, 0.25) is 0 Å². The van der Waals surface area contributed by atoms with E-state index in [1.54, 1.807) is 6.07 Å². The Morgan fingerprint density at radius 2 is 2.16 bits per heavy atom. The van der Waals surface area contributed by atoms with E-state index in [9.17, 15) is 9.18 Å². The summed E-state index contributed by atoms with van der Waals surface area (Å²) in [4.78, 5) is 14.7. The first-order valence-corrected chi connectivity index (χ1v) is 5.97. The molecule has 0 saturated carbocycles. The molecule has 19 heavy (non-hydrogen) atoms. The van der Waals surface area contributed by atoms with Gasteiger partial charge in [-0.25, -0.2) is 14.2 Å². The summed E-state index contributed by atoms with van der Waals surface area (Å²) in [7, 11) is 0. The normalized spacial score (nSPS) is 10.2. The summed E-state index contributed by atoms with van der Waals surface area (Å²) < 4.78 is 13.8. The Morgan fingerprint density at radius 3 is 2.79 bits per heavy atom. The first-order valence-electron chi connectivity index (χ1n) is 5.18. The number of carboxylic acids is 1. The molecule has 0 radical (unpaired) electrons. The third kappa shape index (κ3) is 3.00. The molecule has 0 aliphatic heterocycles. The molecule has 0 unspecified atom stereocenters. The number of halogens is 2. The highest BCUT2D eigenvalue weighted by atomic mass is 79.9. The van der Waals surface area contributed by atoms with Crippen LogP contribution in [0.1, 0.15) is 10.4 Å². The Kier molecular flexibility index (Phi) is 3.66. The topological polar surface area (TPSA) is 88.2 Å². The number of aromatic carboxylic acids is 1. The number of hydrogen-bond donors (Lipinski definition) is 3. The molecule has 2 aromatic rings. The summed E-state index contributed by atoms with van der Waals surface area (Å²) in [5.41, 5.74) is 6.29. The minimum absolute atomic E-state index is 0.0126. The molecule has 4 N–H and O–H groups in total. The number of carbonyl (C=O) groups is 1. The van der Waals surface area contributed by atoms with Crippen molar-refractivity contribution in [3.8, 4) is 0 Å². The van der Waals surface area contributed by atoms with Crippen LogP contribution in [0, 0.1) is 5.82 Å². The van der Waals surface area contributed by atoms with Gasteiger partial charge in [0.05, 0.1) is 16.9 Å². The van der Waals surface area contributed by atoms with Crippen molar-refractivity contribution in [3.63, 3.8) is 0 Å². The van der Waals surface area contributed by atoms with Gasteiger partial charge in [0.25, 0.3) is 0 Å². The SMILES string of the molecule is Nc1cc(C(=O)O)cnc1Nc1cc(F)ccc1Br. The molecular formula is C12H9BrFN3O2. The quantitative estimate of drug-likeness (QED) is 0.807. The van der Waals surface area contributed by atoms with Gasteiger partial charge in [0.15, 0.2) is 5.82 Å². The Morgan fingerprint density at radius 1 is 1.42 bits per heavy atom. The number of nitrogens with zero attached hydrogens (tertiary/aromatic N) is 1. The first-order chi connectivity index (χ1) is 8.97. The standard InChI is InChI=1S/C12H9BrFN3O2/c13-8-2-1-7(14)4-10(8)17-11-9(15)3-6(5-16-11)12(18)19/h1-5H,15H2,(H,16,17)(H,18,19). The average molecular weight is 326 g/mol. The summed E-state index contributed by atoms with van der Waals surface area (Å²) in [6, 6.07) is 5.40. The molecule has 2 rings (SSSR count). The highest BCUT2D eigenvalue weighted by Gasteiger charge is 2.09. The zero-order valence-corrected chi connectivity index (χ0v) is 11.1. The molecule has 1 aromatic carbocycles. The molecule has 0 bridgehead atoms. The van der Waals surface area contributed by atoms with E-state index in [-0.39, 0.29) is 17.1 Å². The largest absolute Gasteiger partial charge is 0.478 e. The highest BCUT2D eigenvalue weighted by molar-refractivity contribution is 9.10. The maximum atomic E-state index is 13.1. The number of nitrogen functional groups attached to an aromatic ring is 1. The van der Waals surface area contributed by atoms with Gasteiger partial charge in [-0.15, -0.1) is 0 Å². The third-order valence-electron chi connectivity index (χ3n) is 2.35. The van der Waals surface area contributed by atoms with E-state index in [1.165, 1.54) is 24.4 Å². The fraction of sp³-hybridized carbons (Fsp3) is 0. The number of benzene rings is 1. The number of nitrogens with two attached hydrogens (primary N) is 1. The second-order valence-corrected chi connectivity index (χ2v) is 4.57. The third-order valence-corrected chi connectivity index (χ3v) is 3.04. The van der Waals surface area contributed by atoms with E-state index in [2.05, 4.69) is 26.2 Å². The predicted molar refractivity (Wildman–Crippen MR) is 73.0 cm³/mol. The van der Waals surface area contributed by atoms with Crippen LogP contribution in [0.15, 0.2) is 34.9 Å². The van der Waals surface area contributed by atoms with Crippen molar-refractivity contribution < 1.29 is 14.3 Å². The summed E-state index contributed by atoms with van der Waals surface area (Å²) in [5, 5.41) is 11.6. The van der Waals surface area contributed by atoms with Gasteiger partial charge < -0.3 is 16.2 Å². The van der Waals surface area contributed by atoms with Gasteiger partial charge in [-0.1, -0.05) is 0 Å². The number of anilines is 3. The van der Waals surface area contributed by atoms with Gasteiger partial charge in [-0.2, -0.15) is 0 Å². The van der Waals surface area contributed by atoms with Crippen LogP contribution in [0.2, 0.25) is 0 Å². The Hall–Kier alpha value is -2.15. The van der Waals surface area contributed by atoms with Gasteiger partial charge in [0.1, 0.15) is 5.82 Å². The van der Waals surface area contributed by atoms with Crippen LogP contribution in [-0.4, -0.2) is 16.1 Å². The van der Waals surface area contributed by atoms with Crippen LogP contribution in [0.5, 0.6) is 0 Å². The molecule has 0 atom stereocenters. The van der Waals surface area contributed by atoms with Crippen LogP contribution >= 0.6 is 15.9 Å². The molecule has 0 saturated heterocycles. The molecule has 0 amide bonds. The minimum atomic E-state index is -1.11. The Bertz CT molecular complexity index is 649. The van der Waals surface area contributed by atoms with E-state index in [4.69, 9.17) is 10.8 Å². The van der Waals surface area contributed by atoms with E-state index in [0.717, 1.165) is 0 Å². The smallest absolute Gasteiger partial charge is 0.337 e. The van der Waals surface area contributed by atoms with E-state index in [1.807, 2.05) is 0 Å². The molecule has 7 heteroatoms. The molecule has 0 aliphatic carbocycles. The molecule has 1 heterocycles. The zero-order valence-electron chi connectivity index (χ0n) is 9.52.